The van der Waals surface area contributed by atoms with Crippen LogP contribution in [0.3, 0.4) is 0 Å². The summed E-state index contributed by atoms with van der Waals surface area (Å²) in [6.07, 6.45) is 0. The number of sulfonamides is 1. The highest BCUT2D eigenvalue weighted by Crippen LogP contribution is 2.24. The molecule has 0 atom stereocenters. The predicted molar refractivity (Wildman–Crippen MR) is 126 cm³/mol. The number of nitro benzene ring substituents is 1. The average Bonchev–Trinajstić information content (AvgIpc) is 2.82. The normalized spacial score (nSPS) is 11.7. The Bertz CT molecular complexity index is 1340. The zero-order chi connectivity index (χ0) is 24.9. The number of halogens is 1. The number of amides is 1. The number of nitrogens with one attached hydrogen (secondary N) is 1. The molecule has 0 aliphatic carbocycles. The Kier molecular flexibility index (Phi) is 7.37. The van der Waals surface area contributed by atoms with Gasteiger partial charge in [-0.15, -0.1) is 0 Å². The quantitative estimate of drug-likeness (QED) is 0.296. The van der Waals surface area contributed by atoms with Gasteiger partial charge in [0.15, 0.2) is 0 Å². The molecule has 1 N–H and O–H groups in total. The van der Waals surface area contributed by atoms with Crippen LogP contribution in [0, 0.1) is 22.9 Å². The Morgan fingerprint density at radius 1 is 1.09 bits per heavy atom. The molecule has 11 heteroatoms. The molecule has 176 valence electrons. The van der Waals surface area contributed by atoms with Crippen molar-refractivity contribution < 1.29 is 22.5 Å². The number of non-ortho nitro benzene ring substituents is 1. The smallest absolute Gasteiger partial charge is 0.270 e. The topological polar surface area (TPSA) is 122 Å². The van der Waals surface area contributed by atoms with E-state index in [0.29, 0.717) is 5.56 Å². The predicted octanol–water partition coefficient (Wildman–Crippen LogP) is 3.78. The highest BCUT2D eigenvalue weighted by Gasteiger charge is 2.27. The third kappa shape index (κ3) is 5.81. The maximum atomic E-state index is 13.4. The van der Waals surface area contributed by atoms with E-state index in [4.69, 9.17) is 0 Å². The molecule has 0 aromatic heterocycles. The van der Waals surface area contributed by atoms with Crippen molar-refractivity contribution in [2.24, 2.45) is 5.10 Å². The lowest BCUT2D eigenvalue weighted by Crippen LogP contribution is -2.39. The molecule has 0 heterocycles. The Morgan fingerprint density at radius 2 is 1.74 bits per heavy atom. The van der Waals surface area contributed by atoms with Crippen molar-refractivity contribution in [2.45, 2.75) is 18.7 Å². The van der Waals surface area contributed by atoms with Crippen LogP contribution in [0.4, 0.5) is 15.8 Å². The molecule has 0 aliphatic heterocycles. The van der Waals surface area contributed by atoms with Gasteiger partial charge in [-0.05, 0) is 50.2 Å². The van der Waals surface area contributed by atoms with E-state index in [1.54, 1.807) is 25.1 Å². The van der Waals surface area contributed by atoms with Crippen LogP contribution >= 0.6 is 0 Å². The molecule has 0 saturated carbocycles. The molecule has 34 heavy (non-hydrogen) atoms. The maximum absolute atomic E-state index is 13.4. The second-order valence-electron chi connectivity index (χ2n) is 7.34. The van der Waals surface area contributed by atoms with Crippen molar-refractivity contribution in [1.29, 1.82) is 0 Å². The van der Waals surface area contributed by atoms with Gasteiger partial charge in [-0.25, -0.2) is 18.2 Å². The third-order valence-electron chi connectivity index (χ3n) is 4.83. The molecule has 1 amide bonds. The second-order valence-corrected chi connectivity index (χ2v) is 9.20. The summed E-state index contributed by atoms with van der Waals surface area (Å²) in [5.41, 5.74) is 3.79. The van der Waals surface area contributed by atoms with Crippen LogP contribution in [0.5, 0.6) is 0 Å². The molecule has 0 saturated heterocycles. The van der Waals surface area contributed by atoms with Gasteiger partial charge in [-0.2, -0.15) is 5.10 Å². The van der Waals surface area contributed by atoms with Gasteiger partial charge in [0.05, 0.1) is 21.2 Å². The van der Waals surface area contributed by atoms with Crippen LogP contribution in [0.1, 0.15) is 18.1 Å². The molecule has 0 spiro atoms. The van der Waals surface area contributed by atoms with Crippen molar-refractivity contribution in [3.8, 4) is 0 Å². The van der Waals surface area contributed by atoms with Crippen molar-refractivity contribution >= 4 is 33.0 Å². The van der Waals surface area contributed by atoms with Crippen LogP contribution in [0.25, 0.3) is 0 Å². The number of hydrazone groups is 1. The molecule has 0 fully saturated rings. The highest BCUT2D eigenvalue weighted by molar-refractivity contribution is 7.92. The number of aryl methyl sites for hydroxylation is 1. The Hall–Kier alpha value is -4.12. The Labute approximate surface area is 195 Å². The van der Waals surface area contributed by atoms with Crippen molar-refractivity contribution in [3.63, 3.8) is 0 Å². The summed E-state index contributed by atoms with van der Waals surface area (Å²) < 4.78 is 40.8. The van der Waals surface area contributed by atoms with Gasteiger partial charge >= 0.3 is 0 Å². The number of hydrogen-bond donors (Lipinski definition) is 1. The summed E-state index contributed by atoms with van der Waals surface area (Å²) in [5.74, 6) is -1.32. The second kappa shape index (κ2) is 10.2. The van der Waals surface area contributed by atoms with Gasteiger partial charge < -0.3 is 0 Å². The lowest BCUT2D eigenvalue weighted by atomic mass is 10.1. The third-order valence-corrected chi connectivity index (χ3v) is 6.62. The van der Waals surface area contributed by atoms with E-state index >= 15 is 0 Å². The number of carbonyl (C=O) groups excluding carboxylic acids is 1. The lowest BCUT2D eigenvalue weighted by molar-refractivity contribution is -0.384. The molecule has 3 rings (SSSR count). The summed E-state index contributed by atoms with van der Waals surface area (Å²) in [5, 5.41) is 14.9. The lowest BCUT2D eigenvalue weighted by Gasteiger charge is -2.23. The zero-order valence-corrected chi connectivity index (χ0v) is 19.1. The number of hydrogen-bond acceptors (Lipinski definition) is 6. The molecule has 0 unspecified atom stereocenters. The molecular weight excluding hydrogens is 463 g/mol. The summed E-state index contributed by atoms with van der Waals surface area (Å²) in [6.45, 7) is 2.72. The molecule has 3 aromatic rings. The van der Waals surface area contributed by atoms with Crippen LogP contribution in [-0.4, -0.2) is 31.5 Å². The maximum Gasteiger partial charge on any atom is 0.270 e. The molecule has 0 bridgehead atoms. The summed E-state index contributed by atoms with van der Waals surface area (Å²) >= 11 is 0. The first-order valence-corrected chi connectivity index (χ1v) is 11.4. The summed E-state index contributed by atoms with van der Waals surface area (Å²) in [6, 6.07) is 16.5. The van der Waals surface area contributed by atoms with Gasteiger partial charge in [0, 0.05) is 17.7 Å². The Morgan fingerprint density at radius 3 is 2.35 bits per heavy atom. The van der Waals surface area contributed by atoms with Crippen LogP contribution in [0.15, 0.2) is 82.8 Å². The van der Waals surface area contributed by atoms with E-state index in [-0.39, 0.29) is 22.0 Å². The monoisotopic (exact) mass is 484 g/mol. The fourth-order valence-corrected chi connectivity index (χ4v) is 4.40. The first kappa shape index (κ1) is 24.5. The number of nitro groups is 1. The number of anilines is 1. The number of rotatable bonds is 8. The van der Waals surface area contributed by atoms with E-state index in [1.165, 1.54) is 42.5 Å². The molecule has 9 nitrogen and oxygen atoms in total. The van der Waals surface area contributed by atoms with E-state index in [0.717, 1.165) is 22.0 Å². The van der Waals surface area contributed by atoms with Gasteiger partial charge in [0.1, 0.15) is 12.4 Å². The fourth-order valence-electron chi connectivity index (χ4n) is 2.98. The molecule has 0 aliphatic rings. The van der Waals surface area contributed by atoms with Crippen LogP contribution in [-0.2, 0) is 14.8 Å². The minimum absolute atomic E-state index is 0.0356. The van der Waals surface area contributed by atoms with Gasteiger partial charge in [-0.3, -0.25) is 19.2 Å². The Balaban J connectivity index is 1.86. The average molecular weight is 485 g/mol. The van der Waals surface area contributed by atoms with E-state index in [9.17, 15) is 27.7 Å². The minimum Gasteiger partial charge on any atom is -0.271 e. The highest BCUT2D eigenvalue weighted by atomic mass is 32.2. The minimum atomic E-state index is -4.16. The number of nitrogens with zero attached hydrogens (tertiary/aromatic N) is 3. The number of benzene rings is 3. The first-order valence-electron chi connectivity index (χ1n) is 10.0. The van der Waals surface area contributed by atoms with Gasteiger partial charge in [0.2, 0.25) is 0 Å². The van der Waals surface area contributed by atoms with Crippen LogP contribution in [0.2, 0.25) is 0 Å². The standard InChI is InChI=1S/C23H21FN4O5S/c1-16-6-12-22(13-7-16)34(32,33)27(20-10-8-19(24)9-11-20)15-23(29)26-25-17(2)18-4-3-5-21(14-18)28(30)31/h3-14H,15H2,1-2H3,(H,26,29)/b25-17-. The summed E-state index contributed by atoms with van der Waals surface area (Å²) in [7, 11) is -4.16. The van der Waals surface area contributed by atoms with Crippen molar-refractivity contribution in [2.75, 3.05) is 10.8 Å². The van der Waals surface area contributed by atoms with Crippen molar-refractivity contribution in [1.82, 2.24) is 5.43 Å². The van der Waals surface area contributed by atoms with E-state index < -0.39 is 33.2 Å². The summed E-state index contributed by atoms with van der Waals surface area (Å²) in [4.78, 5) is 23.0. The molecule has 0 radical (unpaired) electrons. The molecular formula is C23H21FN4O5S. The first-order chi connectivity index (χ1) is 16.1. The largest absolute Gasteiger partial charge is 0.271 e. The van der Waals surface area contributed by atoms with E-state index in [2.05, 4.69) is 10.5 Å². The van der Waals surface area contributed by atoms with Crippen molar-refractivity contribution in [3.05, 3.63) is 99.9 Å². The van der Waals surface area contributed by atoms with Gasteiger partial charge in [-0.1, -0.05) is 29.8 Å². The molecule has 3 aromatic carbocycles. The number of carbonyl (C=O) groups is 1. The fraction of sp³-hybridized carbons (Fsp3) is 0.130. The van der Waals surface area contributed by atoms with E-state index in [1.807, 2.05) is 6.92 Å². The SMILES string of the molecule is C/C(=N/NC(=O)CN(c1ccc(F)cc1)S(=O)(=O)c1ccc(C)cc1)c1cccc([N+](=O)[O-])c1. The van der Waals surface area contributed by atoms with Gasteiger partial charge in [0.25, 0.3) is 21.6 Å². The van der Waals surface area contributed by atoms with Crippen LogP contribution < -0.4 is 9.73 Å². The zero-order valence-electron chi connectivity index (χ0n) is 18.3.